The monoisotopic (exact) mass is 543 g/mol. The molecule has 12 heteroatoms. The van der Waals surface area contributed by atoms with E-state index >= 15 is 0 Å². The molecule has 3 aromatic rings. The second kappa shape index (κ2) is 11.5. The molecule has 0 unspecified atom stereocenters. The van der Waals surface area contributed by atoms with Crippen LogP contribution in [0.25, 0.3) is 0 Å². The molecule has 1 aliphatic heterocycles. The minimum Gasteiger partial charge on any atom is -0.494 e. The Morgan fingerprint density at radius 2 is 1.61 bits per heavy atom. The first kappa shape index (κ1) is 26.9. The number of nitrogens with one attached hydrogen (secondary N) is 1. The molecule has 2 aromatic carbocycles. The normalized spacial score (nSPS) is 14.6. The molecule has 0 bridgehead atoms. The summed E-state index contributed by atoms with van der Waals surface area (Å²) in [6.45, 7) is 2.78. The topological polar surface area (TPSA) is 126 Å². The third-order valence-electron chi connectivity index (χ3n) is 5.97. The molecule has 0 aliphatic carbocycles. The van der Waals surface area contributed by atoms with Crippen LogP contribution in [0.4, 0.5) is 4.39 Å². The maximum atomic E-state index is 13.4. The fourth-order valence-electron chi connectivity index (χ4n) is 3.97. The van der Waals surface area contributed by atoms with Gasteiger partial charge in [0, 0.05) is 31.7 Å². The van der Waals surface area contributed by atoms with E-state index in [4.69, 9.17) is 9.15 Å². The van der Waals surface area contributed by atoms with E-state index in [1.165, 1.54) is 23.3 Å². The number of piperazine rings is 1. The Balaban J connectivity index is 1.49. The van der Waals surface area contributed by atoms with Gasteiger partial charge >= 0.3 is 0 Å². The number of amides is 3. The quantitative estimate of drug-likeness (QED) is 0.432. The Bertz CT molecular complexity index is 1380. The summed E-state index contributed by atoms with van der Waals surface area (Å²) in [5, 5.41) is 0.260. The first-order valence-corrected chi connectivity index (χ1v) is 13.4. The molecule has 200 valence electrons. The highest BCUT2D eigenvalue weighted by atomic mass is 32.2. The van der Waals surface area contributed by atoms with Gasteiger partial charge in [0.05, 0.1) is 17.8 Å². The third-order valence-corrected chi connectivity index (χ3v) is 7.84. The molecule has 1 N–H and O–H groups in total. The molecule has 10 nitrogen and oxygen atoms in total. The summed E-state index contributed by atoms with van der Waals surface area (Å²) in [6, 6.07) is 13.4. The first-order valence-electron chi connectivity index (χ1n) is 11.9. The molecule has 3 amide bonds. The average molecular weight is 544 g/mol. The van der Waals surface area contributed by atoms with Gasteiger partial charge in [-0.3, -0.25) is 14.4 Å². The van der Waals surface area contributed by atoms with Crippen LogP contribution < -0.4 is 10.1 Å². The van der Waals surface area contributed by atoms with E-state index in [2.05, 4.69) is 5.32 Å². The summed E-state index contributed by atoms with van der Waals surface area (Å²) < 4.78 is 50.6. The molecule has 1 atom stereocenters. The minimum atomic E-state index is -4.46. The van der Waals surface area contributed by atoms with Gasteiger partial charge in [0.2, 0.25) is 15.2 Å². The van der Waals surface area contributed by atoms with Gasteiger partial charge in [0.1, 0.15) is 11.6 Å². The zero-order valence-corrected chi connectivity index (χ0v) is 21.3. The molecule has 0 saturated carbocycles. The molecule has 0 radical (unpaired) electrons. The van der Waals surface area contributed by atoms with Crippen molar-refractivity contribution in [3.63, 3.8) is 0 Å². The van der Waals surface area contributed by atoms with Crippen molar-refractivity contribution in [2.75, 3.05) is 32.8 Å². The zero-order valence-electron chi connectivity index (χ0n) is 20.5. The van der Waals surface area contributed by atoms with Gasteiger partial charge in [-0.1, -0.05) is 0 Å². The van der Waals surface area contributed by atoms with E-state index < -0.39 is 32.8 Å². The fourth-order valence-corrected chi connectivity index (χ4v) is 5.43. The Morgan fingerprint density at radius 1 is 0.974 bits per heavy atom. The number of benzene rings is 2. The first-order chi connectivity index (χ1) is 18.2. The van der Waals surface area contributed by atoms with Crippen LogP contribution in [0, 0.1) is 5.82 Å². The molecule has 1 saturated heterocycles. The molecule has 1 aliphatic rings. The Morgan fingerprint density at radius 3 is 2.18 bits per heavy atom. The number of carbonyl (C=O) groups is 3. The number of hydrogen-bond acceptors (Lipinski definition) is 7. The highest BCUT2D eigenvalue weighted by molar-refractivity contribution is 7.92. The van der Waals surface area contributed by atoms with Crippen molar-refractivity contribution in [1.29, 1.82) is 0 Å². The van der Waals surface area contributed by atoms with Crippen molar-refractivity contribution < 1.29 is 36.3 Å². The van der Waals surface area contributed by atoms with Gasteiger partial charge in [-0.15, -0.1) is 0 Å². The lowest BCUT2D eigenvalue weighted by Crippen LogP contribution is -2.57. The van der Waals surface area contributed by atoms with Gasteiger partial charge in [-0.25, -0.2) is 12.8 Å². The highest BCUT2D eigenvalue weighted by Gasteiger charge is 2.40. The van der Waals surface area contributed by atoms with Crippen molar-refractivity contribution >= 4 is 27.6 Å². The number of hydrogen-bond donors (Lipinski definition) is 1. The van der Waals surface area contributed by atoms with E-state index in [9.17, 15) is 27.2 Å². The van der Waals surface area contributed by atoms with Crippen molar-refractivity contribution in [3.8, 4) is 5.75 Å². The molecule has 0 spiro atoms. The number of rotatable bonds is 8. The smallest absolute Gasteiger partial charge is 0.288 e. The molecular formula is C26H26FN3O7S. The van der Waals surface area contributed by atoms with Crippen LogP contribution in [0.3, 0.4) is 0 Å². The van der Waals surface area contributed by atoms with Crippen molar-refractivity contribution in [2.24, 2.45) is 0 Å². The van der Waals surface area contributed by atoms with Crippen LogP contribution in [-0.2, 0) is 14.6 Å². The largest absolute Gasteiger partial charge is 0.494 e. The molecule has 2 heterocycles. The molecule has 1 aromatic heterocycles. The van der Waals surface area contributed by atoms with Crippen molar-refractivity contribution in [2.45, 2.75) is 17.2 Å². The lowest BCUT2D eigenvalue weighted by Gasteiger charge is -2.36. The lowest BCUT2D eigenvalue weighted by atomic mass is 10.1. The average Bonchev–Trinajstić information content (AvgIpc) is 3.47. The van der Waals surface area contributed by atoms with Crippen LogP contribution in [0.5, 0.6) is 5.75 Å². The fraction of sp³-hybridized carbons (Fsp3) is 0.269. The van der Waals surface area contributed by atoms with Crippen LogP contribution >= 0.6 is 0 Å². The Labute approximate surface area is 218 Å². The van der Waals surface area contributed by atoms with E-state index in [0.29, 0.717) is 17.9 Å². The second-order valence-electron chi connectivity index (χ2n) is 8.40. The summed E-state index contributed by atoms with van der Waals surface area (Å²) in [6.07, 6.45) is 1.24. The third kappa shape index (κ3) is 5.86. The van der Waals surface area contributed by atoms with E-state index in [-0.39, 0.29) is 42.7 Å². The van der Waals surface area contributed by atoms with Gasteiger partial charge in [-0.2, -0.15) is 0 Å². The van der Waals surface area contributed by atoms with Gasteiger partial charge in [-0.05, 0) is 67.6 Å². The number of halogens is 1. The van der Waals surface area contributed by atoms with Gasteiger partial charge in [0.25, 0.3) is 17.7 Å². The van der Waals surface area contributed by atoms with E-state index in [0.717, 1.165) is 24.3 Å². The number of ether oxygens (including phenoxy) is 1. The summed E-state index contributed by atoms with van der Waals surface area (Å²) in [5.41, 5.74) is 0.454. The summed E-state index contributed by atoms with van der Waals surface area (Å²) in [5.74, 6) is -2.19. The number of furan rings is 1. The van der Waals surface area contributed by atoms with E-state index in [1.54, 1.807) is 29.2 Å². The maximum absolute atomic E-state index is 13.4. The zero-order chi connectivity index (χ0) is 27.3. The molecule has 38 heavy (non-hydrogen) atoms. The number of carbonyl (C=O) groups excluding carboxylic acids is 3. The van der Waals surface area contributed by atoms with E-state index in [1.807, 2.05) is 6.92 Å². The van der Waals surface area contributed by atoms with Crippen LogP contribution in [0.15, 0.2) is 76.2 Å². The standard InChI is InChI=1S/C26H26FN3O7S/c1-2-36-20-9-5-18(6-10-20)25(32)29-13-15-30(16-14-29)26(33)24(28-23(31)22-4-3-17-37-22)38(34,35)21-11-7-19(27)8-12-21/h3-12,17,24H,2,13-16H2,1H3,(H,28,31)/t24-/m0/s1. The predicted molar refractivity (Wildman–Crippen MR) is 134 cm³/mol. The number of nitrogens with zero attached hydrogens (tertiary/aromatic N) is 2. The van der Waals surface area contributed by atoms with Crippen LogP contribution in [-0.4, -0.2) is 74.1 Å². The lowest BCUT2D eigenvalue weighted by molar-refractivity contribution is -0.132. The van der Waals surface area contributed by atoms with Gasteiger partial charge in [0.15, 0.2) is 5.76 Å². The highest BCUT2D eigenvalue weighted by Crippen LogP contribution is 2.20. The Kier molecular flexibility index (Phi) is 8.10. The number of sulfone groups is 1. The summed E-state index contributed by atoms with van der Waals surface area (Å²) in [4.78, 5) is 41.5. The molecule has 1 fully saturated rings. The van der Waals surface area contributed by atoms with Crippen molar-refractivity contribution in [3.05, 3.63) is 84.1 Å². The van der Waals surface area contributed by atoms with Crippen molar-refractivity contribution in [1.82, 2.24) is 15.1 Å². The van der Waals surface area contributed by atoms with Crippen LogP contribution in [0.2, 0.25) is 0 Å². The molecular weight excluding hydrogens is 517 g/mol. The second-order valence-corrected chi connectivity index (χ2v) is 10.4. The predicted octanol–water partition coefficient (Wildman–Crippen LogP) is 2.33. The SMILES string of the molecule is CCOc1ccc(C(=O)N2CCN(C(=O)[C@@H](NC(=O)c3ccco3)S(=O)(=O)c3ccc(F)cc3)CC2)cc1. The summed E-state index contributed by atoms with van der Waals surface area (Å²) in [7, 11) is -4.46. The minimum absolute atomic E-state index is 0.0493. The van der Waals surface area contributed by atoms with Gasteiger partial charge < -0.3 is 24.3 Å². The summed E-state index contributed by atoms with van der Waals surface area (Å²) >= 11 is 0. The Hall–Kier alpha value is -4.19. The molecule has 4 rings (SSSR count). The van der Waals surface area contributed by atoms with Crippen LogP contribution in [0.1, 0.15) is 27.8 Å². The maximum Gasteiger partial charge on any atom is 0.288 e.